The smallest absolute Gasteiger partial charge is 0.394 e. The number of carbonyl (C=O) groups is 1. The summed E-state index contributed by atoms with van der Waals surface area (Å²) >= 11 is 7.88. The van der Waals surface area contributed by atoms with E-state index in [2.05, 4.69) is 16.8 Å². The van der Waals surface area contributed by atoms with Gasteiger partial charge in [-0.3, -0.25) is 13.9 Å². The van der Waals surface area contributed by atoms with Crippen LogP contribution < -0.4 is 5.32 Å². The van der Waals surface area contributed by atoms with E-state index in [1.54, 1.807) is 23.5 Å². The summed E-state index contributed by atoms with van der Waals surface area (Å²) in [5.74, 6) is -1.47. The summed E-state index contributed by atoms with van der Waals surface area (Å²) in [6.07, 6.45) is 0.723. The third-order valence-electron chi connectivity index (χ3n) is 3.71. The molecule has 0 aliphatic carbocycles. The SMILES string of the molecule is O=C(O)C(c1ccccc1Cl)[C@@H]1Cc2ccsc2CN1.O=S(=O)(O)O. The van der Waals surface area contributed by atoms with E-state index in [0.717, 1.165) is 13.0 Å². The van der Waals surface area contributed by atoms with Crippen molar-refractivity contribution in [2.24, 2.45) is 0 Å². The van der Waals surface area contributed by atoms with Crippen LogP contribution in [-0.4, -0.2) is 34.6 Å². The van der Waals surface area contributed by atoms with Crippen molar-refractivity contribution in [3.05, 3.63) is 56.7 Å². The monoisotopic (exact) mass is 405 g/mol. The first kappa shape index (κ1) is 19.8. The zero-order chi connectivity index (χ0) is 18.6. The van der Waals surface area contributed by atoms with Crippen LogP contribution in [0.4, 0.5) is 0 Å². The van der Waals surface area contributed by atoms with Crippen LogP contribution in [0.5, 0.6) is 0 Å². The Morgan fingerprint density at radius 2 is 1.92 bits per heavy atom. The predicted molar refractivity (Wildman–Crippen MR) is 94.7 cm³/mol. The maximum atomic E-state index is 11.7. The van der Waals surface area contributed by atoms with E-state index in [-0.39, 0.29) is 6.04 Å². The highest BCUT2D eigenvalue weighted by Crippen LogP contribution is 2.32. The van der Waals surface area contributed by atoms with Gasteiger partial charge < -0.3 is 10.4 Å². The van der Waals surface area contributed by atoms with Crippen molar-refractivity contribution >= 4 is 39.3 Å². The number of hydrogen-bond donors (Lipinski definition) is 4. The molecule has 0 bridgehead atoms. The highest BCUT2D eigenvalue weighted by Gasteiger charge is 2.33. The van der Waals surface area contributed by atoms with Crippen LogP contribution in [0.1, 0.15) is 21.9 Å². The molecule has 1 aromatic carbocycles. The fourth-order valence-electron chi connectivity index (χ4n) is 2.72. The number of halogens is 1. The molecule has 7 nitrogen and oxygen atoms in total. The van der Waals surface area contributed by atoms with Gasteiger partial charge in [0.15, 0.2) is 0 Å². The number of hydrogen-bond acceptors (Lipinski definition) is 5. The second kappa shape index (κ2) is 8.26. The maximum Gasteiger partial charge on any atom is 0.394 e. The van der Waals surface area contributed by atoms with E-state index in [1.165, 1.54) is 10.4 Å². The van der Waals surface area contributed by atoms with Gasteiger partial charge in [-0.25, -0.2) is 0 Å². The van der Waals surface area contributed by atoms with Crippen LogP contribution in [0.25, 0.3) is 0 Å². The number of fused-ring (bicyclic) bond motifs is 1. The third kappa shape index (κ3) is 5.77. The molecule has 0 saturated heterocycles. The van der Waals surface area contributed by atoms with E-state index in [9.17, 15) is 9.90 Å². The van der Waals surface area contributed by atoms with Crippen LogP contribution in [0.3, 0.4) is 0 Å². The number of carboxylic acids is 1. The predicted octanol–water partition coefficient (Wildman–Crippen LogP) is 2.63. The van der Waals surface area contributed by atoms with Crippen LogP contribution in [0.2, 0.25) is 5.02 Å². The fraction of sp³-hybridized carbons (Fsp3) is 0.267. The van der Waals surface area contributed by atoms with Crippen LogP contribution in [0, 0.1) is 0 Å². The zero-order valence-electron chi connectivity index (χ0n) is 12.8. The maximum absolute atomic E-state index is 11.7. The Balaban J connectivity index is 0.000000399. The first-order valence-corrected chi connectivity index (χ1v) is 9.78. The van der Waals surface area contributed by atoms with Crippen LogP contribution >= 0.6 is 22.9 Å². The summed E-state index contributed by atoms with van der Waals surface area (Å²) in [4.78, 5) is 13.0. The lowest BCUT2D eigenvalue weighted by Crippen LogP contribution is -2.42. The van der Waals surface area contributed by atoms with Crippen molar-refractivity contribution < 1.29 is 27.4 Å². The molecule has 0 spiro atoms. The number of nitrogens with one attached hydrogen (secondary N) is 1. The van der Waals surface area contributed by atoms with Gasteiger partial charge in [0.1, 0.15) is 0 Å². The van der Waals surface area contributed by atoms with Gasteiger partial charge in [0.25, 0.3) is 0 Å². The molecule has 2 atom stereocenters. The van der Waals surface area contributed by atoms with Crippen molar-refractivity contribution in [3.63, 3.8) is 0 Å². The Morgan fingerprint density at radius 3 is 2.52 bits per heavy atom. The lowest BCUT2D eigenvalue weighted by atomic mass is 9.86. The fourth-order valence-corrected chi connectivity index (χ4v) is 3.84. The van der Waals surface area contributed by atoms with Gasteiger partial charge in [-0.2, -0.15) is 8.42 Å². The Bertz CT molecular complexity index is 843. The van der Waals surface area contributed by atoms with E-state index in [4.69, 9.17) is 29.1 Å². The van der Waals surface area contributed by atoms with Gasteiger partial charge >= 0.3 is 16.4 Å². The molecule has 3 rings (SSSR count). The molecule has 1 aliphatic heterocycles. The number of rotatable bonds is 3. The molecule has 1 unspecified atom stereocenters. The molecule has 4 N–H and O–H groups in total. The molecule has 10 heteroatoms. The normalized spacial score (nSPS) is 17.8. The number of thiophene rings is 1. The number of aliphatic carboxylic acids is 1. The minimum absolute atomic E-state index is 0.130. The van der Waals surface area contributed by atoms with E-state index < -0.39 is 22.3 Å². The number of carboxylic acid groups (broad SMARTS) is 1. The van der Waals surface area contributed by atoms with Crippen molar-refractivity contribution in [2.75, 3.05) is 0 Å². The van der Waals surface area contributed by atoms with E-state index >= 15 is 0 Å². The molecule has 0 amide bonds. The zero-order valence-corrected chi connectivity index (χ0v) is 15.2. The van der Waals surface area contributed by atoms with E-state index in [1.807, 2.05) is 12.1 Å². The quantitative estimate of drug-likeness (QED) is 0.578. The summed E-state index contributed by atoms with van der Waals surface area (Å²) < 4.78 is 31.6. The molecular weight excluding hydrogens is 390 g/mol. The van der Waals surface area contributed by atoms with Crippen molar-refractivity contribution in [1.29, 1.82) is 0 Å². The average molecular weight is 406 g/mol. The molecule has 1 aromatic heterocycles. The second-order valence-corrected chi connectivity index (χ2v) is 7.65. The molecular formula is C15H16ClNO6S2. The standard InChI is InChI=1S/C15H14ClNO2S.H2O4S/c16-11-4-2-1-3-10(11)14(15(18)19)12-7-9-5-6-20-13(9)8-17-12;1-5(2,3)4/h1-6,12,14,17H,7-8H2,(H,18,19);(H2,1,2,3,4)/t12-,14?;/m0./s1. The summed E-state index contributed by atoms with van der Waals surface area (Å²) in [5, 5.41) is 15.5. The highest BCUT2D eigenvalue weighted by molar-refractivity contribution is 7.79. The van der Waals surface area contributed by atoms with Gasteiger partial charge in [0, 0.05) is 22.5 Å². The van der Waals surface area contributed by atoms with Crippen molar-refractivity contribution in [2.45, 2.75) is 24.9 Å². The first-order valence-electron chi connectivity index (χ1n) is 7.12. The van der Waals surface area contributed by atoms with Gasteiger partial charge in [-0.05, 0) is 35.1 Å². The second-order valence-electron chi connectivity index (χ2n) is 5.35. The summed E-state index contributed by atoms with van der Waals surface area (Å²) in [6, 6.07) is 9.14. The Kier molecular flexibility index (Phi) is 6.55. The van der Waals surface area contributed by atoms with Crippen LogP contribution in [-0.2, 0) is 28.2 Å². The number of benzene rings is 1. The average Bonchev–Trinajstić information content (AvgIpc) is 2.95. The van der Waals surface area contributed by atoms with Gasteiger partial charge in [0.05, 0.1) is 5.92 Å². The summed E-state index contributed by atoms with van der Waals surface area (Å²) in [7, 11) is -4.67. The first-order chi connectivity index (χ1) is 11.7. The Labute approximate surface area is 153 Å². The molecule has 25 heavy (non-hydrogen) atoms. The van der Waals surface area contributed by atoms with Gasteiger partial charge in [0.2, 0.25) is 0 Å². The summed E-state index contributed by atoms with van der Waals surface area (Å²) in [6.45, 7) is 0.728. The third-order valence-corrected chi connectivity index (χ3v) is 5.02. The lowest BCUT2D eigenvalue weighted by Gasteiger charge is -2.29. The molecule has 0 saturated carbocycles. The molecule has 2 heterocycles. The van der Waals surface area contributed by atoms with Gasteiger partial charge in [-0.15, -0.1) is 11.3 Å². The molecule has 0 fully saturated rings. The lowest BCUT2D eigenvalue weighted by molar-refractivity contribution is -0.139. The highest BCUT2D eigenvalue weighted by atomic mass is 35.5. The minimum Gasteiger partial charge on any atom is -0.481 e. The van der Waals surface area contributed by atoms with Crippen molar-refractivity contribution in [1.82, 2.24) is 5.32 Å². The Hall–Kier alpha value is -1.49. The largest absolute Gasteiger partial charge is 0.481 e. The molecule has 0 radical (unpaired) electrons. The topological polar surface area (TPSA) is 124 Å². The van der Waals surface area contributed by atoms with Crippen LogP contribution in [0.15, 0.2) is 35.7 Å². The van der Waals surface area contributed by atoms with Gasteiger partial charge in [-0.1, -0.05) is 29.8 Å². The molecule has 2 aromatic rings. The Morgan fingerprint density at radius 1 is 1.28 bits per heavy atom. The minimum atomic E-state index is -4.67. The van der Waals surface area contributed by atoms with E-state index in [0.29, 0.717) is 10.6 Å². The van der Waals surface area contributed by atoms with Crippen molar-refractivity contribution in [3.8, 4) is 0 Å². The summed E-state index contributed by atoms with van der Waals surface area (Å²) in [5.41, 5.74) is 1.93. The molecule has 136 valence electrons. The molecule has 1 aliphatic rings.